The second-order valence-corrected chi connectivity index (χ2v) is 5.55. The first-order valence-electron chi connectivity index (χ1n) is 6.86. The number of halogens is 1. The Morgan fingerprint density at radius 1 is 1.27 bits per heavy atom. The zero-order valence-electron chi connectivity index (χ0n) is 12.3. The highest BCUT2D eigenvalue weighted by Gasteiger charge is 2.23. The highest BCUT2D eigenvalue weighted by molar-refractivity contribution is 14.1. The van der Waals surface area contributed by atoms with Crippen molar-refractivity contribution in [2.24, 2.45) is 0 Å². The molecule has 0 radical (unpaired) electrons. The second kappa shape index (κ2) is 10.4. The van der Waals surface area contributed by atoms with Crippen LogP contribution < -0.4 is 5.32 Å². The fourth-order valence-electron chi connectivity index (χ4n) is 1.73. The summed E-state index contributed by atoms with van der Waals surface area (Å²) in [5, 5.41) is 12.0. The molecule has 0 heterocycles. The van der Waals surface area contributed by atoms with Crippen LogP contribution in [0.15, 0.2) is 30.3 Å². The van der Waals surface area contributed by atoms with Crippen LogP contribution in [0.2, 0.25) is 0 Å². The highest BCUT2D eigenvalue weighted by Crippen LogP contribution is 2.07. The van der Waals surface area contributed by atoms with Crippen LogP contribution in [-0.2, 0) is 20.9 Å². The van der Waals surface area contributed by atoms with E-state index in [9.17, 15) is 14.7 Å². The van der Waals surface area contributed by atoms with E-state index in [4.69, 9.17) is 4.74 Å². The monoisotopic (exact) mass is 421 g/mol. The summed E-state index contributed by atoms with van der Waals surface area (Å²) in [4.78, 5) is 23.4. The number of carbonyl (C=O) groups is 2. The predicted octanol–water partition coefficient (Wildman–Crippen LogP) is 2.03. The van der Waals surface area contributed by atoms with E-state index >= 15 is 0 Å². The van der Waals surface area contributed by atoms with E-state index in [1.54, 1.807) is 0 Å². The van der Waals surface area contributed by atoms with Gasteiger partial charge >= 0.3 is 12.1 Å². The molecule has 0 unspecified atom stereocenters. The van der Waals surface area contributed by atoms with Gasteiger partial charge in [-0.3, -0.25) is 0 Å². The first kappa shape index (κ1) is 18.7. The third kappa shape index (κ3) is 7.08. The summed E-state index contributed by atoms with van der Waals surface area (Å²) in [7, 11) is 1.25. The molecule has 0 bridgehead atoms. The number of aliphatic hydroxyl groups is 1. The van der Waals surface area contributed by atoms with Gasteiger partial charge in [-0.05, 0) is 18.4 Å². The van der Waals surface area contributed by atoms with Crippen LogP contribution >= 0.6 is 22.6 Å². The molecule has 2 N–H and O–H groups in total. The van der Waals surface area contributed by atoms with Crippen LogP contribution in [0.1, 0.15) is 18.4 Å². The Balaban J connectivity index is 2.46. The molecule has 0 aliphatic rings. The van der Waals surface area contributed by atoms with E-state index < -0.39 is 24.2 Å². The summed E-state index contributed by atoms with van der Waals surface area (Å²) in [6.45, 7) is 0.122. The Kier molecular flexibility index (Phi) is 8.83. The summed E-state index contributed by atoms with van der Waals surface area (Å²) < 4.78 is 10.3. The molecule has 1 rings (SSSR count). The number of nitrogens with one attached hydrogen (secondary N) is 1. The molecule has 0 fully saturated rings. The van der Waals surface area contributed by atoms with Crippen molar-refractivity contribution in [3.63, 3.8) is 0 Å². The van der Waals surface area contributed by atoms with E-state index in [1.165, 1.54) is 7.11 Å². The van der Waals surface area contributed by atoms with E-state index in [0.717, 1.165) is 5.56 Å². The topological polar surface area (TPSA) is 84.9 Å². The number of rotatable bonds is 8. The molecule has 0 aliphatic heterocycles. The maximum Gasteiger partial charge on any atom is 0.408 e. The van der Waals surface area contributed by atoms with Crippen molar-refractivity contribution in [1.82, 2.24) is 5.32 Å². The number of hydrogen-bond donors (Lipinski definition) is 2. The van der Waals surface area contributed by atoms with Gasteiger partial charge in [-0.1, -0.05) is 52.9 Å². The van der Waals surface area contributed by atoms with Crippen molar-refractivity contribution < 1.29 is 24.2 Å². The highest BCUT2D eigenvalue weighted by atomic mass is 127. The van der Waals surface area contributed by atoms with Crippen molar-refractivity contribution in [3.8, 4) is 0 Å². The minimum Gasteiger partial charge on any atom is -0.467 e. The van der Waals surface area contributed by atoms with Crippen molar-refractivity contribution in [2.45, 2.75) is 31.6 Å². The third-order valence-corrected chi connectivity index (χ3v) is 3.97. The zero-order chi connectivity index (χ0) is 16.4. The van der Waals surface area contributed by atoms with Crippen LogP contribution in [0.25, 0.3) is 0 Å². The molecular formula is C15H20INO5. The molecule has 1 aromatic carbocycles. The number of hydrogen-bond acceptors (Lipinski definition) is 5. The molecule has 0 aliphatic carbocycles. The Hall–Kier alpha value is -1.35. The molecular weight excluding hydrogens is 401 g/mol. The summed E-state index contributed by atoms with van der Waals surface area (Å²) in [5.41, 5.74) is 0.854. The van der Waals surface area contributed by atoms with Crippen LogP contribution in [0.5, 0.6) is 0 Å². The SMILES string of the molecule is COC(=O)[C@H](CC[C@H](O)CI)NC(=O)OCc1ccccc1. The molecule has 0 saturated heterocycles. The van der Waals surface area contributed by atoms with E-state index in [1.807, 2.05) is 30.3 Å². The molecule has 1 amide bonds. The maximum atomic E-state index is 11.8. The van der Waals surface area contributed by atoms with E-state index in [-0.39, 0.29) is 13.0 Å². The number of benzene rings is 1. The second-order valence-electron chi connectivity index (χ2n) is 4.67. The standard InChI is InChI=1S/C15H20INO5/c1-21-14(19)13(8-7-12(18)9-16)17-15(20)22-10-11-5-3-2-4-6-11/h2-6,12-13,18H,7-10H2,1H3,(H,17,20)/t12-,13-/m0/s1. The Bertz CT molecular complexity index is 468. The molecule has 6 nitrogen and oxygen atoms in total. The molecule has 0 saturated carbocycles. The lowest BCUT2D eigenvalue weighted by molar-refractivity contribution is -0.143. The average Bonchev–Trinajstić information content (AvgIpc) is 2.56. The number of aliphatic hydroxyl groups excluding tert-OH is 1. The van der Waals surface area contributed by atoms with Crippen molar-refractivity contribution in [1.29, 1.82) is 0 Å². The number of esters is 1. The van der Waals surface area contributed by atoms with Crippen molar-refractivity contribution in [3.05, 3.63) is 35.9 Å². The van der Waals surface area contributed by atoms with Crippen LogP contribution in [0.3, 0.4) is 0 Å². The average molecular weight is 421 g/mol. The van der Waals surface area contributed by atoms with E-state index in [0.29, 0.717) is 10.8 Å². The first-order valence-corrected chi connectivity index (χ1v) is 8.38. The van der Waals surface area contributed by atoms with Gasteiger partial charge in [0.25, 0.3) is 0 Å². The normalized spacial score (nSPS) is 13.0. The molecule has 1 aromatic rings. The maximum absolute atomic E-state index is 11.8. The van der Waals surface area contributed by atoms with Gasteiger partial charge in [0.15, 0.2) is 0 Å². The lowest BCUT2D eigenvalue weighted by Crippen LogP contribution is -2.42. The summed E-state index contributed by atoms with van der Waals surface area (Å²) >= 11 is 2.05. The lowest BCUT2D eigenvalue weighted by atomic mass is 10.1. The number of methoxy groups -OCH3 is 1. The number of carbonyl (C=O) groups excluding carboxylic acids is 2. The minimum absolute atomic E-state index is 0.122. The van der Waals surface area contributed by atoms with Crippen LogP contribution in [-0.4, -0.2) is 40.9 Å². The zero-order valence-corrected chi connectivity index (χ0v) is 14.5. The molecule has 2 atom stereocenters. The van der Waals surface area contributed by atoms with Gasteiger partial charge in [-0.15, -0.1) is 0 Å². The van der Waals surface area contributed by atoms with Gasteiger partial charge in [-0.2, -0.15) is 0 Å². The van der Waals surface area contributed by atoms with Crippen LogP contribution in [0.4, 0.5) is 4.79 Å². The summed E-state index contributed by atoms with van der Waals surface area (Å²) in [6.07, 6.45) is -0.531. The molecule has 22 heavy (non-hydrogen) atoms. The molecule has 122 valence electrons. The number of amides is 1. The van der Waals surface area contributed by atoms with Gasteiger partial charge in [0.05, 0.1) is 13.2 Å². The fourth-order valence-corrected chi connectivity index (χ4v) is 2.17. The van der Waals surface area contributed by atoms with Gasteiger partial charge in [-0.25, -0.2) is 9.59 Å². The van der Waals surface area contributed by atoms with Gasteiger partial charge in [0.2, 0.25) is 0 Å². The Labute approximate surface area is 143 Å². The van der Waals surface area contributed by atoms with Gasteiger partial charge in [0, 0.05) is 4.43 Å². The molecule has 7 heteroatoms. The number of alkyl halides is 1. The third-order valence-electron chi connectivity index (χ3n) is 2.96. The fraction of sp³-hybridized carbons (Fsp3) is 0.467. The van der Waals surface area contributed by atoms with Crippen molar-refractivity contribution >= 4 is 34.7 Å². The van der Waals surface area contributed by atoms with Crippen LogP contribution in [0, 0.1) is 0 Å². The molecule has 0 spiro atoms. The number of alkyl carbamates (subject to hydrolysis) is 1. The quantitative estimate of drug-likeness (QED) is 0.381. The lowest BCUT2D eigenvalue weighted by Gasteiger charge is -2.17. The summed E-state index contributed by atoms with van der Waals surface area (Å²) in [6, 6.07) is 8.41. The van der Waals surface area contributed by atoms with Crippen molar-refractivity contribution in [2.75, 3.05) is 11.5 Å². The number of ether oxygens (including phenoxy) is 2. The van der Waals surface area contributed by atoms with Gasteiger partial charge < -0.3 is 19.9 Å². The Morgan fingerprint density at radius 3 is 2.55 bits per heavy atom. The smallest absolute Gasteiger partial charge is 0.408 e. The minimum atomic E-state index is -0.828. The summed E-state index contributed by atoms with van der Waals surface area (Å²) in [5.74, 6) is -0.558. The predicted molar refractivity (Wildman–Crippen MR) is 89.7 cm³/mol. The Morgan fingerprint density at radius 2 is 1.95 bits per heavy atom. The van der Waals surface area contributed by atoms with Gasteiger partial charge in [0.1, 0.15) is 12.6 Å². The first-order chi connectivity index (χ1) is 10.6. The molecule has 0 aromatic heterocycles. The van der Waals surface area contributed by atoms with E-state index in [2.05, 4.69) is 32.6 Å². The largest absolute Gasteiger partial charge is 0.467 e.